The number of pyridine rings is 1. The molecular formula is C24H22N4S. The quantitative estimate of drug-likeness (QED) is 0.323. The van der Waals surface area contributed by atoms with Crippen molar-refractivity contribution in [3.8, 4) is 11.3 Å². The van der Waals surface area contributed by atoms with Crippen LogP contribution in [0.2, 0.25) is 0 Å². The molecule has 0 fully saturated rings. The Bertz CT molecular complexity index is 1260. The molecular weight excluding hydrogens is 376 g/mol. The number of fused-ring (bicyclic) bond motifs is 1. The monoisotopic (exact) mass is 398 g/mol. The van der Waals surface area contributed by atoms with Gasteiger partial charge in [-0.3, -0.25) is 9.98 Å². The molecule has 0 aliphatic carbocycles. The molecule has 0 spiro atoms. The molecule has 0 N–H and O–H groups in total. The molecule has 5 heteroatoms. The summed E-state index contributed by atoms with van der Waals surface area (Å²) in [5.74, 6) is 0. The molecule has 2 aromatic heterocycles. The Morgan fingerprint density at radius 2 is 1.83 bits per heavy atom. The predicted octanol–water partition coefficient (Wildman–Crippen LogP) is 5.51. The molecule has 0 aliphatic heterocycles. The van der Waals surface area contributed by atoms with Gasteiger partial charge in [0.2, 0.25) is 4.80 Å². The SMILES string of the molecule is C=C(C)CN=c1scc(-c2cccc3ccccc23)n1N=C(C)c1ccccn1. The Hall–Kier alpha value is -3.31. The van der Waals surface area contributed by atoms with Gasteiger partial charge >= 0.3 is 0 Å². The van der Waals surface area contributed by atoms with Crippen molar-refractivity contribution >= 4 is 27.8 Å². The van der Waals surface area contributed by atoms with Crippen molar-refractivity contribution in [1.29, 1.82) is 0 Å². The minimum atomic E-state index is 0.577. The summed E-state index contributed by atoms with van der Waals surface area (Å²) in [6.07, 6.45) is 1.78. The zero-order valence-corrected chi connectivity index (χ0v) is 17.4. The molecule has 0 saturated carbocycles. The van der Waals surface area contributed by atoms with E-state index in [2.05, 4.69) is 59.4 Å². The fourth-order valence-corrected chi connectivity index (χ4v) is 3.94. The first kappa shape index (κ1) is 19.0. The van der Waals surface area contributed by atoms with Crippen LogP contribution in [-0.2, 0) is 0 Å². The minimum Gasteiger partial charge on any atom is -0.255 e. The summed E-state index contributed by atoms with van der Waals surface area (Å²) in [6.45, 7) is 8.50. The summed E-state index contributed by atoms with van der Waals surface area (Å²) in [5.41, 5.74) is 4.85. The summed E-state index contributed by atoms with van der Waals surface area (Å²) in [7, 11) is 0. The van der Waals surface area contributed by atoms with Crippen LogP contribution in [0.1, 0.15) is 19.5 Å². The highest BCUT2D eigenvalue weighted by molar-refractivity contribution is 7.07. The standard InChI is InChI=1S/C24H22N4S/c1-17(2)15-26-24-28(27-18(3)22-13-6-7-14-25-22)23(16-29-24)21-12-8-10-19-9-4-5-11-20(19)21/h4-14,16H,1,15H2,2-3H3. The Morgan fingerprint density at radius 1 is 1.03 bits per heavy atom. The topological polar surface area (TPSA) is 42.5 Å². The minimum absolute atomic E-state index is 0.577. The lowest BCUT2D eigenvalue weighted by atomic mass is 10.0. The largest absolute Gasteiger partial charge is 0.255 e. The van der Waals surface area contributed by atoms with Crippen LogP contribution >= 0.6 is 11.3 Å². The lowest BCUT2D eigenvalue weighted by Gasteiger charge is -2.09. The average molecular weight is 399 g/mol. The highest BCUT2D eigenvalue weighted by Gasteiger charge is 2.12. The smallest absolute Gasteiger partial charge is 0.206 e. The lowest BCUT2D eigenvalue weighted by Crippen LogP contribution is -2.15. The van der Waals surface area contributed by atoms with Gasteiger partial charge in [-0.15, -0.1) is 11.3 Å². The van der Waals surface area contributed by atoms with Crippen molar-refractivity contribution < 1.29 is 0 Å². The van der Waals surface area contributed by atoms with Gasteiger partial charge in [0.1, 0.15) is 0 Å². The maximum atomic E-state index is 4.91. The second-order valence-corrected chi connectivity index (χ2v) is 7.75. The van der Waals surface area contributed by atoms with Gasteiger partial charge in [-0.2, -0.15) is 5.10 Å². The Kier molecular flexibility index (Phi) is 5.49. The summed E-state index contributed by atoms with van der Waals surface area (Å²) >= 11 is 1.59. The van der Waals surface area contributed by atoms with Gasteiger partial charge in [-0.1, -0.05) is 60.7 Å². The predicted molar refractivity (Wildman–Crippen MR) is 122 cm³/mol. The molecule has 0 amide bonds. The van der Waals surface area contributed by atoms with Crippen molar-refractivity contribution in [2.24, 2.45) is 10.1 Å². The van der Waals surface area contributed by atoms with E-state index >= 15 is 0 Å². The molecule has 0 unspecified atom stereocenters. The maximum Gasteiger partial charge on any atom is 0.206 e. The van der Waals surface area contributed by atoms with Crippen LogP contribution in [0, 0.1) is 0 Å². The van der Waals surface area contributed by atoms with E-state index in [9.17, 15) is 0 Å². The molecule has 144 valence electrons. The zero-order chi connectivity index (χ0) is 20.2. The molecule has 0 atom stereocenters. The third kappa shape index (κ3) is 4.10. The molecule has 2 heterocycles. The molecule has 4 nitrogen and oxygen atoms in total. The fraction of sp³-hybridized carbons (Fsp3) is 0.125. The first-order valence-electron chi connectivity index (χ1n) is 9.44. The van der Waals surface area contributed by atoms with Crippen LogP contribution in [0.4, 0.5) is 0 Å². The van der Waals surface area contributed by atoms with Crippen LogP contribution in [0.5, 0.6) is 0 Å². The Morgan fingerprint density at radius 3 is 2.62 bits per heavy atom. The van der Waals surface area contributed by atoms with Crippen molar-refractivity contribution in [3.05, 3.63) is 94.9 Å². The second-order valence-electron chi connectivity index (χ2n) is 6.92. The number of nitrogens with zero attached hydrogens (tertiary/aromatic N) is 4. The van der Waals surface area contributed by atoms with Gasteiger partial charge in [-0.25, -0.2) is 4.68 Å². The molecule has 0 aliphatic rings. The van der Waals surface area contributed by atoms with E-state index in [1.165, 1.54) is 10.8 Å². The van der Waals surface area contributed by atoms with E-state index in [0.29, 0.717) is 6.54 Å². The normalized spacial score (nSPS) is 12.5. The molecule has 0 bridgehead atoms. The highest BCUT2D eigenvalue weighted by Crippen LogP contribution is 2.29. The Balaban J connectivity index is 1.93. The van der Waals surface area contributed by atoms with E-state index in [1.54, 1.807) is 17.5 Å². The van der Waals surface area contributed by atoms with Crippen LogP contribution in [0.25, 0.3) is 22.0 Å². The number of benzene rings is 2. The van der Waals surface area contributed by atoms with Gasteiger partial charge in [0, 0.05) is 17.1 Å². The first-order valence-corrected chi connectivity index (χ1v) is 10.3. The number of hydrogen-bond acceptors (Lipinski definition) is 4. The Labute approximate surface area is 174 Å². The third-order valence-corrected chi connectivity index (χ3v) is 5.37. The van der Waals surface area contributed by atoms with Gasteiger partial charge in [0.15, 0.2) is 0 Å². The first-order chi connectivity index (χ1) is 14.1. The van der Waals surface area contributed by atoms with E-state index < -0.39 is 0 Å². The third-order valence-electron chi connectivity index (χ3n) is 4.52. The van der Waals surface area contributed by atoms with E-state index in [4.69, 9.17) is 10.1 Å². The molecule has 2 aromatic carbocycles. The highest BCUT2D eigenvalue weighted by atomic mass is 32.1. The summed E-state index contributed by atoms with van der Waals surface area (Å²) in [5, 5.41) is 9.42. The van der Waals surface area contributed by atoms with Gasteiger partial charge in [0.25, 0.3) is 0 Å². The summed E-state index contributed by atoms with van der Waals surface area (Å²) in [4.78, 5) is 10.0. The summed E-state index contributed by atoms with van der Waals surface area (Å²) < 4.78 is 1.93. The van der Waals surface area contributed by atoms with Gasteiger partial charge in [0.05, 0.1) is 23.6 Å². The van der Waals surface area contributed by atoms with Crippen LogP contribution in [-0.4, -0.2) is 21.9 Å². The van der Waals surface area contributed by atoms with E-state index in [1.807, 2.05) is 36.7 Å². The van der Waals surface area contributed by atoms with Crippen molar-refractivity contribution in [3.63, 3.8) is 0 Å². The van der Waals surface area contributed by atoms with Crippen LogP contribution in [0.15, 0.2) is 94.5 Å². The molecule has 4 rings (SSSR count). The lowest BCUT2D eigenvalue weighted by molar-refractivity contribution is 0.830. The van der Waals surface area contributed by atoms with Crippen molar-refractivity contribution in [2.45, 2.75) is 13.8 Å². The van der Waals surface area contributed by atoms with Crippen LogP contribution < -0.4 is 4.80 Å². The average Bonchev–Trinajstić information content (AvgIpc) is 3.14. The molecule has 0 radical (unpaired) electrons. The molecule has 4 aromatic rings. The number of hydrogen-bond donors (Lipinski definition) is 0. The van der Waals surface area contributed by atoms with Gasteiger partial charge < -0.3 is 0 Å². The van der Waals surface area contributed by atoms with Gasteiger partial charge in [-0.05, 0) is 36.8 Å². The second kappa shape index (κ2) is 8.37. The zero-order valence-electron chi connectivity index (χ0n) is 16.5. The molecule has 0 saturated heterocycles. The van der Waals surface area contributed by atoms with Crippen LogP contribution in [0.3, 0.4) is 0 Å². The fourth-order valence-electron chi connectivity index (χ4n) is 3.12. The van der Waals surface area contributed by atoms with Crippen molar-refractivity contribution in [2.75, 3.05) is 6.54 Å². The number of rotatable bonds is 5. The summed E-state index contributed by atoms with van der Waals surface area (Å²) in [6, 6.07) is 20.6. The number of aromatic nitrogens is 2. The van der Waals surface area contributed by atoms with E-state index in [-0.39, 0.29) is 0 Å². The number of thiazole rings is 1. The molecule has 29 heavy (non-hydrogen) atoms. The van der Waals surface area contributed by atoms with Crippen molar-refractivity contribution in [1.82, 2.24) is 9.66 Å². The maximum absolute atomic E-state index is 4.91. The van der Waals surface area contributed by atoms with E-state index in [0.717, 1.165) is 33.0 Å².